The minimum Gasteiger partial charge on any atom is -0.341 e. The Balaban J connectivity index is 1.22. The lowest BCUT2D eigenvalue weighted by molar-refractivity contribution is -0.133. The predicted octanol–water partition coefficient (Wildman–Crippen LogP) is 3.12. The number of carbonyl (C=O) groups is 3. The van der Waals surface area contributed by atoms with Gasteiger partial charge in [0.1, 0.15) is 6.54 Å². The molecule has 2 aliphatic rings. The molecule has 0 N–H and O–H groups in total. The third kappa shape index (κ3) is 4.04. The van der Waals surface area contributed by atoms with Crippen LogP contribution in [0.2, 0.25) is 0 Å². The van der Waals surface area contributed by atoms with Gasteiger partial charge in [-0.05, 0) is 43.4 Å². The van der Waals surface area contributed by atoms with Crippen molar-refractivity contribution in [2.75, 3.05) is 19.6 Å². The molecule has 8 heteroatoms. The molecule has 2 aromatic carbocycles. The van der Waals surface area contributed by atoms with E-state index >= 15 is 0 Å². The highest BCUT2D eigenvalue weighted by Gasteiger charge is 2.37. The van der Waals surface area contributed by atoms with Gasteiger partial charge in [0.15, 0.2) is 0 Å². The number of aryl methyl sites for hydroxylation is 1. The van der Waals surface area contributed by atoms with Crippen LogP contribution in [-0.2, 0) is 11.2 Å². The van der Waals surface area contributed by atoms with Crippen molar-refractivity contribution in [3.63, 3.8) is 0 Å². The van der Waals surface area contributed by atoms with Crippen LogP contribution < -0.4 is 0 Å². The number of amides is 3. The lowest BCUT2D eigenvalue weighted by atomic mass is 9.94. The molecular weight excluding hydrogens is 420 g/mol. The first-order valence-corrected chi connectivity index (χ1v) is 11.1. The van der Waals surface area contributed by atoms with E-state index in [9.17, 15) is 14.4 Å². The number of hydrogen-bond acceptors (Lipinski definition) is 6. The molecule has 0 radical (unpaired) electrons. The summed E-state index contributed by atoms with van der Waals surface area (Å²) in [4.78, 5) is 45.4. The molecule has 0 aliphatic carbocycles. The lowest BCUT2D eigenvalue weighted by Gasteiger charge is -2.33. The van der Waals surface area contributed by atoms with Crippen molar-refractivity contribution in [1.29, 1.82) is 0 Å². The zero-order valence-electron chi connectivity index (χ0n) is 18.4. The highest BCUT2D eigenvalue weighted by Crippen LogP contribution is 2.25. The summed E-state index contributed by atoms with van der Waals surface area (Å²) in [5, 5.41) is 4.12. The van der Waals surface area contributed by atoms with Crippen LogP contribution in [0.5, 0.6) is 0 Å². The fourth-order valence-electron chi connectivity index (χ4n) is 4.59. The van der Waals surface area contributed by atoms with E-state index in [2.05, 4.69) is 10.1 Å². The maximum atomic E-state index is 12.9. The van der Waals surface area contributed by atoms with Crippen molar-refractivity contribution in [3.05, 3.63) is 71.1 Å². The number of benzene rings is 2. The number of carbonyl (C=O) groups excluding carboxylic acids is 3. The number of piperidine rings is 1. The Bertz CT molecular complexity index is 1200. The maximum Gasteiger partial charge on any atom is 0.262 e. The third-order valence-corrected chi connectivity index (χ3v) is 6.36. The molecule has 1 aromatic heterocycles. The van der Waals surface area contributed by atoms with Gasteiger partial charge in [-0.25, -0.2) is 0 Å². The Labute approximate surface area is 191 Å². The highest BCUT2D eigenvalue weighted by atomic mass is 16.5. The monoisotopic (exact) mass is 444 g/mol. The molecule has 2 aliphatic heterocycles. The molecule has 0 spiro atoms. The van der Waals surface area contributed by atoms with Crippen molar-refractivity contribution >= 4 is 17.7 Å². The minimum absolute atomic E-state index is 0.176. The molecule has 1 atom stereocenters. The second kappa shape index (κ2) is 8.61. The molecule has 3 amide bonds. The Morgan fingerprint density at radius 2 is 1.70 bits per heavy atom. The molecule has 0 bridgehead atoms. The molecule has 1 fully saturated rings. The Hall–Kier alpha value is -3.81. The summed E-state index contributed by atoms with van der Waals surface area (Å²) in [5.74, 6) is 0.250. The lowest BCUT2D eigenvalue weighted by Crippen LogP contribution is -2.46. The molecule has 33 heavy (non-hydrogen) atoms. The fraction of sp³-hybridized carbons (Fsp3) is 0.320. The molecule has 1 saturated heterocycles. The number of rotatable bonds is 5. The van der Waals surface area contributed by atoms with Gasteiger partial charge in [0.2, 0.25) is 17.6 Å². The van der Waals surface area contributed by atoms with Crippen LogP contribution in [0.25, 0.3) is 11.4 Å². The van der Waals surface area contributed by atoms with Gasteiger partial charge in [-0.3, -0.25) is 19.3 Å². The van der Waals surface area contributed by atoms with E-state index in [0.29, 0.717) is 42.4 Å². The van der Waals surface area contributed by atoms with E-state index in [0.717, 1.165) is 28.9 Å². The van der Waals surface area contributed by atoms with Gasteiger partial charge < -0.3 is 9.42 Å². The van der Waals surface area contributed by atoms with E-state index < -0.39 is 11.8 Å². The number of fused-ring (bicyclic) bond motifs is 1. The molecule has 3 heterocycles. The Morgan fingerprint density at radius 3 is 2.39 bits per heavy atom. The van der Waals surface area contributed by atoms with Crippen LogP contribution in [-0.4, -0.2) is 57.3 Å². The van der Waals surface area contributed by atoms with Crippen molar-refractivity contribution in [2.45, 2.75) is 26.2 Å². The Morgan fingerprint density at radius 1 is 1.03 bits per heavy atom. The molecule has 5 rings (SSSR count). The van der Waals surface area contributed by atoms with Crippen molar-refractivity contribution in [1.82, 2.24) is 19.9 Å². The molecule has 0 saturated carbocycles. The zero-order valence-corrected chi connectivity index (χ0v) is 18.4. The van der Waals surface area contributed by atoms with Crippen molar-refractivity contribution < 1.29 is 18.9 Å². The summed E-state index contributed by atoms with van der Waals surface area (Å²) in [6, 6.07) is 14.5. The smallest absolute Gasteiger partial charge is 0.262 e. The maximum absolute atomic E-state index is 12.9. The molecule has 8 nitrogen and oxygen atoms in total. The number of likely N-dealkylation sites (tertiary alicyclic amines) is 1. The van der Waals surface area contributed by atoms with Crippen LogP contribution in [0.3, 0.4) is 0 Å². The number of hydrogen-bond donors (Lipinski definition) is 0. The van der Waals surface area contributed by atoms with Gasteiger partial charge >= 0.3 is 0 Å². The largest absolute Gasteiger partial charge is 0.341 e. The van der Waals surface area contributed by atoms with Crippen LogP contribution in [0.1, 0.15) is 45.0 Å². The van der Waals surface area contributed by atoms with Gasteiger partial charge in [0.05, 0.1) is 11.1 Å². The third-order valence-electron chi connectivity index (χ3n) is 6.36. The van der Waals surface area contributed by atoms with Crippen LogP contribution in [0, 0.1) is 12.8 Å². The van der Waals surface area contributed by atoms with Crippen molar-refractivity contribution in [3.8, 4) is 11.4 Å². The average molecular weight is 444 g/mol. The van der Waals surface area contributed by atoms with Crippen LogP contribution >= 0.6 is 0 Å². The number of imide groups is 1. The van der Waals surface area contributed by atoms with Crippen LogP contribution in [0.4, 0.5) is 0 Å². The van der Waals surface area contributed by atoms with E-state index in [1.807, 2.05) is 31.2 Å². The second-order valence-electron chi connectivity index (χ2n) is 8.62. The van der Waals surface area contributed by atoms with E-state index in [4.69, 9.17) is 4.52 Å². The predicted molar refractivity (Wildman–Crippen MR) is 119 cm³/mol. The number of aromatic nitrogens is 2. The Kier molecular flexibility index (Phi) is 5.50. The zero-order chi connectivity index (χ0) is 22.9. The first-order valence-electron chi connectivity index (χ1n) is 11.1. The van der Waals surface area contributed by atoms with E-state index in [1.165, 1.54) is 0 Å². The fourth-order valence-corrected chi connectivity index (χ4v) is 4.59. The summed E-state index contributed by atoms with van der Waals surface area (Å²) < 4.78 is 5.48. The first-order chi connectivity index (χ1) is 16.0. The molecule has 1 unspecified atom stereocenters. The van der Waals surface area contributed by atoms with Gasteiger partial charge in [0.25, 0.3) is 11.8 Å². The summed E-state index contributed by atoms with van der Waals surface area (Å²) in [6.45, 7) is 2.91. The van der Waals surface area contributed by atoms with E-state index in [1.54, 1.807) is 29.2 Å². The van der Waals surface area contributed by atoms with Gasteiger partial charge in [-0.1, -0.05) is 41.6 Å². The normalized spacial score (nSPS) is 18.0. The average Bonchev–Trinajstić information content (AvgIpc) is 3.38. The van der Waals surface area contributed by atoms with Gasteiger partial charge in [-0.2, -0.15) is 4.98 Å². The molecule has 168 valence electrons. The minimum atomic E-state index is -0.410. The summed E-state index contributed by atoms with van der Waals surface area (Å²) in [7, 11) is 0. The highest BCUT2D eigenvalue weighted by molar-refractivity contribution is 6.22. The summed E-state index contributed by atoms with van der Waals surface area (Å²) in [5.41, 5.74) is 2.72. The molecular formula is C25H24N4O4. The summed E-state index contributed by atoms with van der Waals surface area (Å²) in [6.07, 6.45) is 2.37. The molecule has 3 aromatic rings. The quantitative estimate of drug-likeness (QED) is 0.561. The standard InChI is InChI=1S/C25H24N4O4/c1-16-7-2-3-9-18(16)23-26-21(33-27-23)13-17-8-6-12-28(14-17)22(30)15-29-24(31)19-10-4-5-11-20(19)25(29)32/h2-5,7,9-11,17H,6,8,12-15H2,1H3. The number of nitrogens with zero attached hydrogens (tertiary/aromatic N) is 4. The van der Waals surface area contributed by atoms with Crippen molar-refractivity contribution in [2.24, 2.45) is 5.92 Å². The van der Waals surface area contributed by atoms with Gasteiger partial charge in [-0.15, -0.1) is 0 Å². The SMILES string of the molecule is Cc1ccccc1-c1noc(CC2CCCN(C(=O)CN3C(=O)c4ccccc4C3=O)C2)n1. The van der Waals surface area contributed by atoms with E-state index in [-0.39, 0.29) is 18.4 Å². The first kappa shape index (κ1) is 21.1. The summed E-state index contributed by atoms with van der Waals surface area (Å²) >= 11 is 0. The topological polar surface area (TPSA) is 96.6 Å². The second-order valence-corrected chi connectivity index (χ2v) is 8.62. The van der Waals surface area contributed by atoms with Crippen LogP contribution in [0.15, 0.2) is 53.1 Å². The van der Waals surface area contributed by atoms with Gasteiger partial charge in [0, 0.05) is 25.1 Å².